The van der Waals surface area contributed by atoms with Gasteiger partial charge in [-0.1, -0.05) is 49.3 Å². The molecule has 258 valence electrons. The summed E-state index contributed by atoms with van der Waals surface area (Å²) in [5.41, 5.74) is 0.837. The Kier molecular flexibility index (Phi) is 12.5. The lowest BCUT2D eigenvalue weighted by molar-refractivity contribution is -0.174. The smallest absolute Gasteiger partial charge is 0.407 e. The lowest BCUT2D eigenvalue weighted by atomic mass is 9.68. The lowest BCUT2D eigenvalue weighted by Crippen LogP contribution is -2.59. The highest BCUT2D eigenvalue weighted by Crippen LogP contribution is 2.41. The number of methoxy groups -OCH3 is 2. The fraction of sp³-hybridized carbons (Fsp3) is 0.636. The van der Waals surface area contributed by atoms with Gasteiger partial charge in [-0.25, -0.2) is 18.0 Å². The van der Waals surface area contributed by atoms with Gasteiger partial charge in [0.25, 0.3) is 0 Å². The molecule has 47 heavy (non-hydrogen) atoms. The quantitative estimate of drug-likeness (QED) is 0.202. The molecule has 0 unspecified atom stereocenters. The number of sulfonamides is 1. The maximum atomic E-state index is 13.9. The number of rotatable bonds is 11. The van der Waals surface area contributed by atoms with Gasteiger partial charge in [0, 0.05) is 31.0 Å². The number of nitrogens with one attached hydrogen (secondary N) is 2. The molecular weight excluding hydrogens is 630 g/mol. The molecule has 13 nitrogen and oxygen atoms in total. The van der Waals surface area contributed by atoms with Crippen LogP contribution in [0.1, 0.15) is 63.4 Å². The predicted octanol–water partition coefficient (Wildman–Crippen LogP) is 3.29. The van der Waals surface area contributed by atoms with Crippen LogP contribution in [-0.4, -0.2) is 88.4 Å². The van der Waals surface area contributed by atoms with E-state index < -0.39 is 77.2 Å². The highest BCUT2D eigenvalue weighted by atomic mass is 32.2. The fourth-order valence-corrected chi connectivity index (χ4v) is 8.31. The number of amides is 2. The van der Waals surface area contributed by atoms with Gasteiger partial charge in [0.15, 0.2) is 0 Å². The van der Waals surface area contributed by atoms with Gasteiger partial charge in [-0.15, -0.1) is 6.42 Å². The minimum Gasteiger partial charge on any atom is -0.469 e. The topological polar surface area (TPSA) is 167 Å². The van der Waals surface area contributed by atoms with E-state index in [1.165, 1.54) is 12.1 Å². The number of hydrogen-bond acceptors (Lipinski definition) is 10. The molecule has 2 amide bonds. The molecular formula is C33H45N3O10S. The average Bonchev–Trinajstić information content (AvgIpc) is 3.76. The summed E-state index contributed by atoms with van der Waals surface area (Å²) in [7, 11) is -1.97. The van der Waals surface area contributed by atoms with Gasteiger partial charge in [-0.2, -0.15) is 4.31 Å². The van der Waals surface area contributed by atoms with E-state index in [2.05, 4.69) is 16.6 Å². The Morgan fingerprint density at radius 3 is 1.91 bits per heavy atom. The Morgan fingerprint density at radius 2 is 1.40 bits per heavy atom. The Balaban J connectivity index is 1.76. The summed E-state index contributed by atoms with van der Waals surface area (Å²) in [4.78, 5) is 53.1. The van der Waals surface area contributed by atoms with Gasteiger partial charge in [-0.05, 0) is 44.7 Å². The summed E-state index contributed by atoms with van der Waals surface area (Å²) in [6.07, 6.45) is 8.01. The number of benzene rings is 1. The number of ether oxygens (including phenoxy) is 4. The number of alkyl carbamates (subject to hydrolysis) is 2. The van der Waals surface area contributed by atoms with Crippen LogP contribution in [-0.2, 0) is 38.6 Å². The van der Waals surface area contributed by atoms with Crippen LogP contribution in [0.15, 0.2) is 29.2 Å². The number of carbonyl (C=O) groups is 4. The van der Waals surface area contributed by atoms with E-state index in [9.17, 15) is 27.6 Å². The van der Waals surface area contributed by atoms with Gasteiger partial charge in [0.2, 0.25) is 10.0 Å². The number of aryl methyl sites for hydroxylation is 1. The Labute approximate surface area is 276 Å². The summed E-state index contributed by atoms with van der Waals surface area (Å²) < 4.78 is 50.8. The summed E-state index contributed by atoms with van der Waals surface area (Å²) in [6, 6.07) is 5.92. The van der Waals surface area contributed by atoms with Crippen LogP contribution >= 0.6 is 0 Å². The van der Waals surface area contributed by atoms with Gasteiger partial charge >= 0.3 is 24.1 Å². The third-order valence-corrected chi connectivity index (χ3v) is 11.2. The van der Waals surface area contributed by atoms with Crippen molar-refractivity contribution in [3.8, 4) is 12.3 Å². The zero-order valence-electron chi connectivity index (χ0n) is 27.1. The van der Waals surface area contributed by atoms with Crippen molar-refractivity contribution in [3.63, 3.8) is 0 Å². The first-order valence-electron chi connectivity index (χ1n) is 16.1. The molecule has 0 aromatic heterocycles. The summed E-state index contributed by atoms with van der Waals surface area (Å²) >= 11 is 0. The molecule has 1 aromatic carbocycles. The normalized spacial score (nSPS) is 25.0. The molecule has 5 atom stereocenters. The van der Waals surface area contributed by atoms with Crippen LogP contribution < -0.4 is 10.6 Å². The molecule has 0 radical (unpaired) electrons. The van der Waals surface area contributed by atoms with Gasteiger partial charge in [0.05, 0.1) is 37.5 Å². The van der Waals surface area contributed by atoms with E-state index in [1.807, 2.05) is 6.92 Å². The number of esters is 2. The summed E-state index contributed by atoms with van der Waals surface area (Å²) in [5.74, 6) is -3.10. The van der Waals surface area contributed by atoms with Crippen molar-refractivity contribution in [2.45, 2.75) is 93.9 Å². The third-order valence-electron chi connectivity index (χ3n) is 9.34. The number of nitrogens with zero attached hydrogens (tertiary/aromatic N) is 1. The maximum Gasteiger partial charge on any atom is 0.407 e. The molecule has 4 rings (SSSR count). The zero-order valence-corrected chi connectivity index (χ0v) is 28.0. The van der Waals surface area contributed by atoms with Crippen molar-refractivity contribution < 1.29 is 46.5 Å². The first kappa shape index (κ1) is 36.0. The highest BCUT2D eigenvalue weighted by molar-refractivity contribution is 7.89. The largest absolute Gasteiger partial charge is 0.469 e. The highest BCUT2D eigenvalue weighted by Gasteiger charge is 2.55. The Morgan fingerprint density at radius 1 is 0.872 bits per heavy atom. The minimum atomic E-state index is -4.26. The molecule has 3 aliphatic rings. The number of carbonyl (C=O) groups excluding carboxylic acids is 4. The van der Waals surface area contributed by atoms with E-state index >= 15 is 0 Å². The van der Waals surface area contributed by atoms with E-state index in [1.54, 1.807) is 12.1 Å². The minimum absolute atomic E-state index is 0.0477. The standard InChI is InChI=1S/C33H45N3O10S/c1-5-18-36(47(41,42)24-16-14-21(2)15-17-24)20-26-28(31(38)44-4)25(30(37)43-3)19-27(45-32(39)34-22-10-6-7-11-22)29(26)46-33(40)35-23-12-8-9-13-23/h1,14-17,22-23,25-29H,6-13,18-20H2,2-4H3,(H,34,39)(H,35,40)/t25-,26-,27-,28-,29+/m1/s1. The molecule has 2 N–H and O–H groups in total. The van der Waals surface area contributed by atoms with E-state index in [0.717, 1.165) is 75.5 Å². The summed E-state index contributed by atoms with van der Waals surface area (Å²) in [5, 5.41) is 5.66. The van der Waals surface area contributed by atoms with Crippen LogP contribution in [0.5, 0.6) is 0 Å². The SMILES string of the molecule is C#CCN(C[C@H]1[C@H](OC(=O)NC2CCCC2)[C@H](OC(=O)NC2CCCC2)C[C@@H](C(=O)OC)[C@H]1C(=O)OC)S(=O)(=O)c1ccc(C)cc1. The molecule has 3 aliphatic carbocycles. The van der Waals surface area contributed by atoms with Crippen molar-refractivity contribution in [3.05, 3.63) is 29.8 Å². The molecule has 3 fully saturated rings. The van der Waals surface area contributed by atoms with Crippen molar-refractivity contribution in [1.82, 2.24) is 14.9 Å². The molecule has 3 saturated carbocycles. The average molecular weight is 676 g/mol. The molecule has 0 bridgehead atoms. The van der Waals surface area contributed by atoms with Crippen LogP contribution in [0.4, 0.5) is 9.59 Å². The molecule has 0 saturated heterocycles. The predicted molar refractivity (Wildman–Crippen MR) is 169 cm³/mol. The second kappa shape index (κ2) is 16.3. The van der Waals surface area contributed by atoms with Crippen molar-refractivity contribution >= 4 is 34.1 Å². The maximum absolute atomic E-state index is 13.9. The van der Waals surface area contributed by atoms with E-state index in [-0.39, 0.29) is 23.4 Å². The van der Waals surface area contributed by atoms with E-state index in [4.69, 9.17) is 25.4 Å². The summed E-state index contributed by atoms with van der Waals surface area (Å²) in [6.45, 7) is 0.935. The molecule has 0 aliphatic heterocycles. The zero-order chi connectivity index (χ0) is 34.1. The van der Waals surface area contributed by atoms with Gasteiger partial charge in [-0.3, -0.25) is 9.59 Å². The van der Waals surface area contributed by atoms with Crippen LogP contribution in [0, 0.1) is 37.0 Å². The van der Waals surface area contributed by atoms with E-state index in [0.29, 0.717) is 0 Å². The second-order valence-electron chi connectivity index (χ2n) is 12.5. The second-order valence-corrected chi connectivity index (χ2v) is 14.4. The Hall–Kier alpha value is -3.83. The van der Waals surface area contributed by atoms with Crippen molar-refractivity contribution in [2.24, 2.45) is 17.8 Å². The third kappa shape index (κ3) is 8.96. The fourth-order valence-electron chi connectivity index (χ4n) is 6.92. The number of hydrogen-bond donors (Lipinski definition) is 2. The lowest BCUT2D eigenvalue weighted by Gasteiger charge is -2.44. The Bertz CT molecular complexity index is 1410. The van der Waals surface area contributed by atoms with Gasteiger partial charge in [0.1, 0.15) is 12.2 Å². The van der Waals surface area contributed by atoms with Crippen LogP contribution in [0.25, 0.3) is 0 Å². The van der Waals surface area contributed by atoms with Gasteiger partial charge < -0.3 is 29.6 Å². The van der Waals surface area contributed by atoms with Crippen molar-refractivity contribution in [2.75, 3.05) is 27.3 Å². The molecule has 0 heterocycles. The molecule has 1 aromatic rings. The van der Waals surface area contributed by atoms with Crippen LogP contribution in [0.3, 0.4) is 0 Å². The van der Waals surface area contributed by atoms with Crippen LogP contribution in [0.2, 0.25) is 0 Å². The number of terminal acetylenes is 1. The molecule has 14 heteroatoms. The first-order valence-corrected chi connectivity index (χ1v) is 17.5. The van der Waals surface area contributed by atoms with Crippen molar-refractivity contribution in [1.29, 1.82) is 0 Å². The first-order chi connectivity index (χ1) is 22.5. The molecule has 0 spiro atoms. The monoisotopic (exact) mass is 675 g/mol.